The molecule has 1 amide bonds. The summed E-state index contributed by atoms with van der Waals surface area (Å²) in [6.45, 7) is 2.26. The van der Waals surface area contributed by atoms with Crippen molar-refractivity contribution < 1.29 is 9.72 Å². The third-order valence-corrected chi connectivity index (χ3v) is 4.40. The Morgan fingerprint density at radius 3 is 2.36 bits per heavy atom. The number of hydrogen-bond donors (Lipinski definition) is 0. The van der Waals surface area contributed by atoms with Gasteiger partial charge < -0.3 is 4.90 Å². The number of amides is 1. The van der Waals surface area contributed by atoms with Gasteiger partial charge in [-0.3, -0.25) is 14.9 Å². The summed E-state index contributed by atoms with van der Waals surface area (Å²) >= 11 is 0. The molecule has 22 heavy (non-hydrogen) atoms. The highest BCUT2D eigenvalue weighted by atomic mass is 16.6. The highest BCUT2D eigenvalue weighted by molar-refractivity contribution is 5.91. The summed E-state index contributed by atoms with van der Waals surface area (Å²) in [7, 11) is 1.85. The fourth-order valence-corrected chi connectivity index (χ4v) is 2.80. The van der Waals surface area contributed by atoms with Gasteiger partial charge in [0.2, 0.25) is 5.91 Å². The van der Waals surface area contributed by atoms with Crippen LogP contribution in [0.1, 0.15) is 38.2 Å². The third-order valence-electron chi connectivity index (χ3n) is 4.40. The van der Waals surface area contributed by atoms with E-state index >= 15 is 0 Å². The van der Waals surface area contributed by atoms with Gasteiger partial charge >= 0.3 is 0 Å². The number of hydrogen-bond acceptors (Lipinski definition) is 3. The Hall–Kier alpha value is -2.17. The predicted molar refractivity (Wildman–Crippen MR) is 86.3 cm³/mol. The van der Waals surface area contributed by atoms with E-state index in [2.05, 4.69) is 6.92 Å². The summed E-state index contributed by atoms with van der Waals surface area (Å²) in [5.41, 5.74) is 0.835. The number of nitro benzene ring substituents is 1. The van der Waals surface area contributed by atoms with E-state index in [0.29, 0.717) is 6.04 Å². The molecule has 5 nitrogen and oxygen atoms in total. The number of rotatable bonds is 4. The predicted octanol–water partition coefficient (Wildman–Crippen LogP) is 3.65. The average molecular weight is 302 g/mol. The normalized spacial score (nSPS) is 21.7. The van der Waals surface area contributed by atoms with Crippen molar-refractivity contribution in [3.63, 3.8) is 0 Å². The molecular formula is C17H22N2O3. The number of nitro groups is 1. The lowest BCUT2D eigenvalue weighted by atomic mass is 9.87. The third kappa shape index (κ3) is 4.16. The lowest BCUT2D eigenvalue weighted by molar-refractivity contribution is -0.384. The zero-order chi connectivity index (χ0) is 16.1. The van der Waals surface area contributed by atoms with Crippen LogP contribution in [-0.2, 0) is 4.79 Å². The number of likely N-dealkylation sites (N-methyl/N-ethyl adjacent to an activating group) is 1. The molecule has 2 rings (SSSR count). The molecule has 118 valence electrons. The van der Waals surface area contributed by atoms with Crippen molar-refractivity contribution in [3.05, 3.63) is 46.0 Å². The number of nitrogens with zero attached hydrogens (tertiary/aromatic N) is 2. The first-order valence-electron chi connectivity index (χ1n) is 7.66. The molecule has 1 saturated carbocycles. The van der Waals surface area contributed by atoms with E-state index < -0.39 is 4.92 Å². The summed E-state index contributed by atoms with van der Waals surface area (Å²) in [6.07, 6.45) is 7.72. The van der Waals surface area contributed by atoms with Gasteiger partial charge in [0.05, 0.1) is 4.92 Å². The first kappa shape index (κ1) is 16.2. The quantitative estimate of drug-likeness (QED) is 0.484. The largest absolute Gasteiger partial charge is 0.339 e. The molecule has 0 bridgehead atoms. The van der Waals surface area contributed by atoms with Crippen molar-refractivity contribution in [1.29, 1.82) is 0 Å². The first-order valence-corrected chi connectivity index (χ1v) is 7.66. The van der Waals surface area contributed by atoms with Gasteiger partial charge in [0.25, 0.3) is 5.69 Å². The number of benzene rings is 1. The monoisotopic (exact) mass is 302 g/mol. The fourth-order valence-electron chi connectivity index (χ4n) is 2.80. The average Bonchev–Trinajstić information content (AvgIpc) is 2.53. The first-order chi connectivity index (χ1) is 10.5. The minimum absolute atomic E-state index is 0.0158. The van der Waals surface area contributed by atoms with Gasteiger partial charge in [-0.2, -0.15) is 0 Å². The Labute approximate surface area is 130 Å². The molecule has 0 radical (unpaired) electrons. The van der Waals surface area contributed by atoms with Crippen LogP contribution in [0.2, 0.25) is 0 Å². The maximum atomic E-state index is 12.2. The van der Waals surface area contributed by atoms with Gasteiger partial charge in [0.1, 0.15) is 0 Å². The second-order valence-electron chi connectivity index (χ2n) is 6.04. The van der Waals surface area contributed by atoms with Crippen molar-refractivity contribution in [2.45, 2.75) is 38.6 Å². The van der Waals surface area contributed by atoms with Crippen molar-refractivity contribution in [1.82, 2.24) is 4.90 Å². The Bertz CT molecular complexity index is 558. The number of carbonyl (C=O) groups is 1. The van der Waals surface area contributed by atoms with E-state index in [0.717, 1.165) is 24.3 Å². The van der Waals surface area contributed by atoms with Gasteiger partial charge in [0, 0.05) is 31.3 Å². The van der Waals surface area contributed by atoms with Crippen LogP contribution in [0.4, 0.5) is 5.69 Å². The highest BCUT2D eigenvalue weighted by Crippen LogP contribution is 2.26. The molecule has 0 aliphatic heterocycles. The van der Waals surface area contributed by atoms with Crippen LogP contribution in [0, 0.1) is 16.0 Å². The molecule has 1 aromatic rings. The molecule has 1 aliphatic rings. The van der Waals surface area contributed by atoms with Crippen LogP contribution in [0.25, 0.3) is 6.08 Å². The summed E-state index contributed by atoms with van der Waals surface area (Å²) in [5, 5.41) is 10.6. The van der Waals surface area contributed by atoms with Crippen LogP contribution in [0.15, 0.2) is 30.3 Å². The zero-order valence-corrected chi connectivity index (χ0v) is 13.1. The van der Waals surface area contributed by atoms with E-state index in [9.17, 15) is 14.9 Å². The Morgan fingerprint density at radius 2 is 1.82 bits per heavy atom. The van der Waals surface area contributed by atoms with Gasteiger partial charge in [-0.1, -0.05) is 6.92 Å². The van der Waals surface area contributed by atoms with E-state index in [1.807, 2.05) is 11.9 Å². The maximum Gasteiger partial charge on any atom is 0.269 e. The van der Waals surface area contributed by atoms with Crippen molar-refractivity contribution in [2.75, 3.05) is 7.05 Å². The molecule has 1 aliphatic carbocycles. The zero-order valence-electron chi connectivity index (χ0n) is 13.1. The van der Waals surface area contributed by atoms with Gasteiger partial charge in [-0.05, 0) is 55.4 Å². The molecule has 0 aromatic heterocycles. The SMILES string of the molecule is CC1CCC(N(C)C(=O)/C=C/c2ccc([N+](=O)[O-])cc2)CC1. The van der Waals surface area contributed by atoms with Crippen molar-refractivity contribution in [2.24, 2.45) is 5.92 Å². The standard InChI is InChI=1S/C17H22N2O3/c1-13-3-8-15(9-4-13)18(2)17(20)12-7-14-5-10-16(11-6-14)19(21)22/h5-7,10-13,15H,3-4,8-9H2,1-2H3/b12-7+. The summed E-state index contributed by atoms with van der Waals surface area (Å²) < 4.78 is 0. The van der Waals surface area contributed by atoms with Gasteiger partial charge in [0.15, 0.2) is 0 Å². The van der Waals surface area contributed by atoms with Crippen LogP contribution in [0.3, 0.4) is 0 Å². The summed E-state index contributed by atoms with van der Waals surface area (Å²) in [4.78, 5) is 24.2. The molecule has 0 N–H and O–H groups in total. The van der Waals surface area contributed by atoms with E-state index in [1.165, 1.54) is 25.0 Å². The van der Waals surface area contributed by atoms with E-state index in [4.69, 9.17) is 0 Å². The van der Waals surface area contributed by atoms with Crippen LogP contribution in [0.5, 0.6) is 0 Å². The maximum absolute atomic E-state index is 12.2. The molecule has 0 atom stereocenters. The molecule has 1 fully saturated rings. The Kier molecular flexibility index (Phi) is 5.31. The second-order valence-corrected chi connectivity index (χ2v) is 6.04. The number of non-ortho nitro benzene ring substituents is 1. The molecule has 0 spiro atoms. The summed E-state index contributed by atoms with van der Waals surface area (Å²) in [5.74, 6) is 0.744. The van der Waals surface area contributed by atoms with Crippen molar-refractivity contribution >= 4 is 17.7 Å². The van der Waals surface area contributed by atoms with E-state index in [1.54, 1.807) is 24.3 Å². The second kappa shape index (κ2) is 7.20. The van der Waals surface area contributed by atoms with E-state index in [-0.39, 0.29) is 11.6 Å². The lowest BCUT2D eigenvalue weighted by Crippen LogP contribution is -2.38. The van der Waals surface area contributed by atoms with Gasteiger partial charge in [-0.15, -0.1) is 0 Å². The molecule has 0 unspecified atom stereocenters. The van der Waals surface area contributed by atoms with Gasteiger partial charge in [-0.25, -0.2) is 0 Å². The fraction of sp³-hybridized carbons (Fsp3) is 0.471. The molecule has 0 saturated heterocycles. The highest BCUT2D eigenvalue weighted by Gasteiger charge is 2.23. The summed E-state index contributed by atoms with van der Waals surface area (Å²) in [6, 6.07) is 6.49. The molecular weight excluding hydrogens is 280 g/mol. The smallest absolute Gasteiger partial charge is 0.269 e. The van der Waals surface area contributed by atoms with Crippen LogP contribution < -0.4 is 0 Å². The Balaban J connectivity index is 1.94. The Morgan fingerprint density at radius 1 is 1.23 bits per heavy atom. The molecule has 5 heteroatoms. The minimum Gasteiger partial charge on any atom is -0.339 e. The van der Waals surface area contributed by atoms with Crippen LogP contribution in [-0.4, -0.2) is 28.8 Å². The minimum atomic E-state index is -0.434. The molecule has 0 heterocycles. The topological polar surface area (TPSA) is 63.5 Å². The molecule has 1 aromatic carbocycles. The number of carbonyl (C=O) groups excluding carboxylic acids is 1. The van der Waals surface area contributed by atoms with Crippen LogP contribution >= 0.6 is 0 Å². The lowest BCUT2D eigenvalue weighted by Gasteiger charge is -2.33. The van der Waals surface area contributed by atoms with Crippen molar-refractivity contribution in [3.8, 4) is 0 Å².